The van der Waals surface area contributed by atoms with Crippen LogP contribution in [0.1, 0.15) is 5.56 Å². The smallest absolute Gasteiger partial charge is 0.127 e. The van der Waals surface area contributed by atoms with Crippen molar-refractivity contribution < 1.29 is 24.7 Å². The van der Waals surface area contributed by atoms with Crippen molar-refractivity contribution in [2.45, 2.75) is 12.7 Å². The predicted molar refractivity (Wildman–Crippen MR) is 85.3 cm³/mol. The Morgan fingerprint density at radius 2 is 1.73 bits per heavy atom. The lowest BCUT2D eigenvalue weighted by Crippen LogP contribution is -3.28. The first-order valence-corrected chi connectivity index (χ1v) is 8.33. The topological polar surface area (TPSA) is 58.6 Å². The van der Waals surface area contributed by atoms with Gasteiger partial charge in [-0.3, -0.25) is 0 Å². The van der Waals surface area contributed by atoms with Crippen molar-refractivity contribution in [2.24, 2.45) is 0 Å². The van der Waals surface area contributed by atoms with Gasteiger partial charge in [-0.1, -0.05) is 23.7 Å². The maximum absolute atomic E-state index is 10.1. The molecule has 1 aromatic carbocycles. The molecule has 4 N–H and O–H groups in total. The number of aliphatic hydroxyl groups excluding tert-OH is 2. The number of hydrogen-bond donors (Lipinski definition) is 4. The first-order chi connectivity index (χ1) is 10.7. The van der Waals surface area contributed by atoms with Crippen LogP contribution in [0.4, 0.5) is 0 Å². The lowest BCUT2D eigenvalue weighted by atomic mass is 10.2. The molecule has 22 heavy (non-hydrogen) atoms. The summed E-state index contributed by atoms with van der Waals surface area (Å²) in [4.78, 5) is 2.88. The zero-order valence-corrected chi connectivity index (χ0v) is 13.7. The fourth-order valence-corrected chi connectivity index (χ4v) is 2.98. The van der Waals surface area contributed by atoms with Crippen LogP contribution in [0.15, 0.2) is 24.3 Å². The molecule has 1 aliphatic heterocycles. The molecule has 5 nitrogen and oxygen atoms in total. The molecule has 0 saturated carbocycles. The highest BCUT2D eigenvalue weighted by molar-refractivity contribution is 6.30. The van der Waals surface area contributed by atoms with E-state index in [0.717, 1.165) is 49.9 Å². The second kappa shape index (κ2) is 9.45. The maximum Gasteiger partial charge on any atom is 0.127 e. The van der Waals surface area contributed by atoms with Crippen LogP contribution in [-0.2, 0) is 11.3 Å². The fourth-order valence-electron chi connectivity index (χ4n) is 2.85. The van der Waals surface area contributed by atoms with Gasteiger partial charge < -0.3 is 24.7 Å². The first kappa shape index (κ1) is 17.7. The molecule has 2 rings (SSSR count). The minimum absolute atomic E-state index is 0.256. The molecule has 1 aliphatic rings. The highest BCUT2D eigenvalue weighted by Crippen LogP contribution is 2.10. The van der Waals surface area contributed by atoms with Crippen LogP contribution < -0.4 is 9.80 Å². The van der Waals surface area contributed by atoms with Crippen molar-refractivity contribution in [3.05, 3.63) is 34.9 Å². The Bertz CT molecular complexity index is 422. The van der Waals surface area contributed by atoms with Gasteiger partial charge in [-0.15, -0.1) is 0 Å². The molecule has 1 fully saturated rings. The van der Waals surface area contributed by atoms with E-state index < -0.39 is 6.10 Å². The summed E-state index contributed by atoms with van der Waals surface area (Å²) >= 11 is 5.84. The van der Waals surface area contributed by atoms with Crippen LogP contribution >= 0.6 is 11.6 Å². The highest BCUT2D eigenvalue weighted by atomic mass is 35.5. The van der Waals surface area contributed by atoms with Gasteiger partial charge in [-0.25, -0.2) is 0 Å². The molecule has 0 bridgehead atoms. The number of benzene rings is 1. The van der Waals surface area contributed by atoms with Gasteiger partial charge in [0, 0.05) is 5.02 Å². The molecule has 0 radical (unpaired) electrons. The van der Waals surface area contributed by atoms with E-state index in [1.54, 1.807) is 0 Å². The molecule has 0 unspecified atom stereocenters. The monoisotopic (exact) mass is 330 g/mol. The van der Waals surface area contributed by atoms with E-state index in [4.69, 9.17) is 21.4 Å². The molecule has 1 heterocycles. The summed E-state index contributed by atoms with van der Waals surface area (Å²) < 4.78 is 5.58. The van der Waals surface area contributed by atoms with Gasteiger partial charge in [-0.2, -0.15) is 0 Å². The summed E-state index contributed by atoms with van der Waals surface area (Å²) in [5.74, 6) is 0. The molecule has 0 aromatic heterocycles. The average molecular weight is 331 g/mol. The van der Waals surface area contributed by atoms with Gasteiger partial charge >= 0.3 is 0 Å². The van der Waals surface area contributed by atoms with Crippen LogP contribution in [0.25, 0.3) is 0 Å². The number of quaternary nitrogens is 2. The van der Waals surface area contributed by atoms with Crippen LogP contribution in [0.2, 0.25) is 5.02 Å². The first-order valence-electron chi connectivity index (χ1n) is 7.95. The summed E-state index contributed by atoms with van der Waals surface area (Å²) in [5.41, 5.74) is 1.06. The Morgan fingerprint density at radius 1 is 1.09 bits per heavy atom. The molecule has 1 aromatic rings. The standard InChI is InChI=1S/C16H25ClN2O3/c17-15-3-1-14(2-4-15)12-22-13-16(21)11-19-7-5-18(6-8-19)9-10-20/h1-4,16,20-21H,5-13H2/p+2/t16-/m1/s1. The third kappa shape index (κ3) is 6.20. The molecule has 0 amide bonds. The van der Waals surface area contributed by atoms with Gasteiger partial charge in [0.15, 0.2) is 0 Å². The molecule has 1 saturated heterocycles. The summed E-state index contributed by atoms with van der Waals surface area (Å²) in [5, 5.41) is 19.7. The zero-order valence-electron chi connectivity index (χ0n) is 12.9. The maximum atomic E-state index is 10.1. The molecule has 6 heteroatoms. The van der Waals surface area contributed by atoms with E-state index in [1.807, 2.05) is 24.3 Å². The quantitative estimate of drug-likeness (QED) is 0.446. The Kier molecular flexibility index (Phi) is 7.59. The zero-order chi connectivity index (χ0) is 15.8. The molecule has 0 aliphatic carbocycles. The van der Waals surface area contributed by atoms with Gasteiger partial charge in [-0.05, 0) is 17.7 Å². The van der Waals surface area contributed by atoms with Crippen molar-refractivity contribution in [1.29, 1.82) is 0 Å². The van der Waals surface area contributed by atoms with Gasteiger partial charge in [0.2, 0.25) is 0 Å². The Balaban J connectivity index is 1.60. The summed E-state index contributed by atoms with van der Waals surface area (Å²) in [6.07, 6.45) is -0.429. The molecular formula is C16H27ClN2O3+2. The van der Waals surface area contributed by atoms with Crippen molar-refractivity contribution in [2.75, 3.05) is 52.5 Å². The third-order valence-electron chi connectivity index (χ3n) is 4.15. The number of rotatable bonds is 8. The molecule has 0 spiro atoms. The minimum atomic E-state index is -0.429. The SMILES string of the molecule is OCC[NH+]1CC[NH+](C[C@@H](O)COCc2ccc(Cl)cc2)CC1. The van der Waals surface area contributed by atoms with E-state index in [2.05, 4.69) is 0 Å². The van der Waals surface area contributed by atoms with Crippen LogP contribution in [-0.4, -0.2) is 68.8 Å². The Morgan fingerprint density at radius 3 is 2.36 bits per heavy atom. The number of ether oxygens (including phenoxy) is 1. The predicted octanol–water partition coefficient (Wildman–Crippen LogP) is -2.01. The Hall–Kier alpha value is -0.690. The lowest BCUT2D eigenvalue weighted by molar-refractivity contribution is -1.01. The number of piperazine rings is 1. The summed E-state index contributed by atoms with van der Waals surface area (Å²) in [6.45, 7) is 6.89. The van der Waals surface area contributed by atoms with Gasteiger partial charge in [0.05, 0.1) is 19.8 Å². The molecular weight excluding hydrogens is 304 g/mol. The van der Waals surface area contributed by atoms with Crippen LogP contribution in [0.3, 0.4) is 0 Å². The van der Waals surface area contributed by atoms with Crippen molar-refractivity contribution in [3.63, 3.8) is 0 Å². The largest absolute Gasteiger partial charge is 0.391 e. The summed E-state index contributed by atoms with van der Waals surface area (Å²) in [7, 11) is 0. The summed E-state index contributed by atoms with van der Waals surface area (Å²) in [6, 6.07) is 7.55. The van der Waals surface area contributed by atoms with E-state index in [9.17, 15) is 5.11 Å². The second-order valence-electron chi connectivity index (χ2n) is 5.97. The van der Waals surface area contributed by atoms with E-state index in [0.29, 0.717) is 13.2 Å². The van der Waals surface area contributed by atoms with Crippen LogP contribution in [0, 0.1) is 0 Å². The molecule has 1 atom stereocenters. The third-order valence-corrected chi connectivity index (χ3v) is 4.40. The van der Waals surface area contributed by atoms with Crippen LogP contribution in [0.5, 0.6) is 0 Å². The van der Waals surface area contributed by atoms with Crippen molar-refractivity contribution >= 4 is 11.6 Å². The van der Waals surface area contributed by atoms with Gasteiger partial charge in [0.25, 0.3) is 0 Å². The lowest BCUT2D eigenvalue weighted by Gasteiger charge is -2.30. The number of nitrogens with one attached hydrogen (secondary N) is 2. The second-order valence-corrected chi connectivity index (χ2v) is 6.41. The average Bonchev–Trinajstić information content (AvgIpc) is 2.51. The van der Waals surface area contributed by atoms with E-state index in [-0.39, 0.29) is 6.61 Å². The van der Waals surface area contributed by atoms with Crippen molar-refractivity contribution in [1.82, 2.24) is 0 Å². The van der Waals surface area contributed by atoms with Crippen molar-refractivity contribution in [3.8, 4) is 0 Å². The van der Waals surface area contributed by atoms with Gasteiger partial charge in [0.1, 0.15) is 45.4 Å². The number of hydrogen-bond acceptors (Lipinski definition) is 3. The molecule has 124 valence electrons. The highest BCUT2D eigenvalue weighted by Gasteiger charge is 2.24. The Labute approximate surface area is 137 Å². The number of halogens is 1. The van der Waals surface area contributed by atoms with E-state index >= 15 is 0 Å². The normalized spacial score (nSPS) is 23.4. The fraction of sp³-hybridized carbons (Fsp3) is 0.625. The van der Waals surface area contributed by atoms with E-state index in [1.165, 1.54) is 9.80 Å². The minimum Gasteiger partial charge on any atom is -0.391 e. The number of aliphatic hydroxyl groups is 2.